The predicted molar refractivity (Wildman–Crippen MR) is 112 cm³/mol. The average Bonchev–Trinajstić information content (AvgIpc) is 3.14. The highest BCUT2D eigenvalue weighted by molar-refractivity contribution is 5.84. The van der Waals surface area contributed by atoms with Crippen LogP contribution in [0, 0.1) is 5.95 Å². The maximum Gasteiger partial charge on any atom is 0.240 e. The first-order valence-corrected chi connectivity index (χ1v) is 9.46. The van der Waals surface area contributed by atoms with Gasteiger partial charge in [-0.3, -0.25) is 10.1 Å². The number of aromatic amines is 1. The molecule has 0 unspecified atom stereocenters. The van der Waals surface area contributed by atoms with E-state index in [4.69, 9.17) is 5.11 Å². The van der Waals surface area contributed by atoms with E-state index in [-0.39, 0.29) is 12.6 Å². The summed E-state index contributed by atoms with van der Waals surface area (Å²) in [7, 11) is 0. The van der Waals surface area contributed by atoms with E-state index in [1.54, 1.807) is 18.5 Å². The number of nitrogens with one attached hydrogen (secondary N) is 3. The number of aliphatic hydroxyl groups is 1. The summed E-state index contributed by atoms with van der Waals surface area (Å²) in [5, 5.41) is 22.5. The van der Waals surface area contributed by atoms with Crippen LogP contribution in [0.4, 0.5) is 10.1 Å². The van der Waals surface area contributed by atoms with Crippen molar-refractivity contribution in [3.05, 3.63) is 78.5 Å². The monoisotopic (exact) mass is 391 g/mol. The fourth-order valence-corrected chi connectivity index (χ4v) is 3.30. The van der Waals surface area contributed by atoms with Crippen molar-refractivity contribution in [3.63, 3.8) is 0 Å². The molecule has 0 saturated carbocycles. The van der Waals surface area contributed by atoms with Crippen LogP contribution in [0.25, 0.3) is 22.0 Å². The number of nitrogens with zero attached hydrogens (tertiary/aromatic N) is 2. The second-order valence-corrected chi connectivity index (χ2v) is 6.77. The topological polar surface area (TPSA) is 85.9 Å². The van der Waals surface area contributed by atoms with E-state index in [2.05, 4.69) is 37.9 Å². The van der Waals surface area contributed by atoms with Crippen LogP contribution in [0.15, 0.2) is 67.0 Å². The molecule has 2 aromatic carbocycles. The van der Waals surface area contributed by atoms with Gasteiger partial charge in [0.15, 0.2) is 0 Å². The predicted octanol–water partition coefficient (Wildman–Crippen LogP) is 3.50. The molecule has 6 nitrogen and oxygen atoms in total. The highest BCUT2D eigenvalue weighted by Crippen LogP contribution is 2.27. The second-order valence-electron chi connectivity index (χ2n) is 6.77. The summed E-state index contributed by atoms with van der Waals surface area (Å²) in [5.74, 6) is -0.511. The molecule has 0 radical (unpaired) electrons. The molecule has 4 N–H and O–H groups in total. The van der Waals surface area contributed by atoms with E-state index in [1.807, 2.05) is 36.4 Å². The van der Waals surface area contributed by atoms with Gasteiger partial charge in [0, 0.05) is 31.0 Å². The zero-order valence-corrected chi connectivity index (χ0v) is 15.8. The number of hydrogen-bond acceptors (Lipinski definition) is 5. The van der Waals surface area contributed by atoms with Crippen molar-refractivity contribution in [2.24, 2.45) is 0 Å². The van der Waals surface area contributed by atoms with Crippen LogP contribution in [0.1, 0.15) is 11.6 Å². The number of pyridine rings is 1. The van der Waals surface area contributed by atoms with E-state index in [0.29, 0.717) is 24.0 Å². The van der Waals surface area contributed by atoms with Crippen LogP contribution < -0.4 is 10.6 Å². The quantitative estimate of drug-likeness (QED) is 0.346. The van der Waals surface area contributed by atoms with Crippen LogP contribution in [0.5, 0.6) is 0 Å². The summed E-state index contributed by atoms with van der Waals surface area (Å²) in [4.78, 5) is 4.35. The van der Waals surface area contributed by atoms with Crippen molar-refractivity contribution < 1.29 is 9.50 Å². The molecule has 0 fully saturated rings. The Kier molecular flexibility index (Phi) is 5.79. The summed E-state index contributed by atoms with van der Waals surface area (Å²) in [6.45, 7) is 1.27. The van der Waals surface area contributed by atoms with Gasteiger partial charge in [0.1, 0.15) is 0 Å². The van der Waals surface area contributed by atoms with E-state index >= 15 is 0 Å². The van der Waals surface area contributed by atoms with Crippen LogP contribution in [0.2, 0.25) is 0 Å². The molecule has 4 aromatic rings. The third kappa shape index (κ3) is 4.42. The second kappa shape index (κ2) is 8.81. The molecule has 29 heavy (non-hydrogen) atoms. The number of H-pyrrole nitrogens is 1. The summed E-state index contributed by atoms with van der Waals surface area (Å²) in [6, 6.07) is 17.6. The first-order chi connectivity index (χ1) is 14.2. The van der Waals surface area contributed by atoms with Crippen molar-refractivity contribution in [1.29, 1.82) is 0 Å². The molecule has 0 aliphatic carbocycles. The molecule has 1 atom stereocenters. The van der Waals surface area contributed by atoms with Gasteiger partial charge in [0.05, 0.1) is 29.2 Å². The molecule has 0 aliphatic heterocycles. The largest absolute Gasteiger partial charge is 0.395 e. The van der Waals surface area contributed by atoms with Gasteiger partial charge in [-0.05, 0) is 29.3 Å². The van der Waals surface area contributed by atoms with E-state index in [1.165, 1.54) is 0 Å². The molecule has 2 aromatic heterocycles. The number of rotatable bonds is 8. The van der Waals surface area contributed by atoms with Gasteiger partial charge in [0.25, 0.3) is 0 Å². The van der Waals surface area contributed by atoms with E-state index in [0.717, 1.165) is 22.4 Å². The van der Waals surface area contributed by atoms with Crippen molar-refractivity contribution >= 4 is 16.6 Å². The molecule has 0 aliphatic rings. The van der Waals surface area contributed by atoms with Crippen molar-refractivity contribution in [3.8, 4) is 11.1 Å². The summed E-state index contributed by atoms with van der Waals surface area (Å²) in [6.07, 6.45) is 3.52. The molecular formula is C22H22FN5O. The molecule has 4 rings (SSSR count). The molecule has 0 amide bonds. The smallest absolute Gasteiger partial charge is 0.240 e. The van der Waals surface area contributed by atoms with Crippen molar-refractivity contribution in [1.82, 2.24) is 20.5 Å². The zero-order valence-electron chi connectivity index (χ0n) is 15.8. The van der Waals surface area contributed by atoms with E-state index < -0.39 is 5.95 Å². The van der Waals surface area contributed by atoms with Crippen LogP contribution in [0.3, 0.4) is 0 Å². The number of halogens is 1. The SMILES string of the molecule is OCCNC[C@H](Nc1cncc(-c2ccc3[nH]nc(F)c3c2)c1)c1ccccc1. The van der Waals surface area contributed by atoms with Crippen molar-refractivity contribution in [2.75, 3.05) is 25.0 Å². The lowest BCUT2D eigenvalue weighted by molar-refractivity contribution is 0.291. The van der Waals surface area contributed by atoms with Gasteiger partial charge in [-0.2, -0.15) is 4.39 Å². The number of anilines is 1. The Bertz CT molecular complexity index is 1080. The molecule has 0 spiro atoms. The summed E-state index contributed by atoms with van der Waals surface area (Å²) >= 11 is 0. The third-order valence-electron chi connectivity index (χ3n) is 4.77. The van der Waals surface area contributed by atoms with Gasteiger partial charge < -0.3 is 15.7 Å². The van der Waals surface area contributed by atoms with Gasteiger partial charge in [-0.15, -0.1) is 5.10 Å². The lowest BCUT2D eigenvalue weighted by Crippen LogP contribution is -2.28. The normalized spacial score (nSPS) is 12.2. The lowest BCUT2D eigenvalue weighted by atomic mass is 10.0. The lowest BCUT2D eigenvalue weighted by Gasteiger charge is -2.21. The van der Waals surface area contributed by atoms with Gasteiger partial charge in [0.2, 0.25) is 5.95 Å². The Labute approximate surface area is 167 Å². The Hall–Kier alpha value is -3.29. The minimum absolute atomic E-state index is 0.00796. The Morgan fingerprint density at radius 2 is 1.90 bits per heavy atom. The zero-order chi connectivity index (χ0) is 20.1. The Balaban J connectivity index is 1.59. The Morgan fingerprint density at radius 3 is 2.72 bits per heavy atom. The number of hydrogen-bond donors (Lipinski definition) is 4. The first kappa shape index (κ1) is 19.0. The fraction of sp³-hybridized carbons (Fsp3) is 0.182. The minimum Gasteiger partial charge on any atom is -0.395 e. The minimum atomic E-state index is -0.511. The maximum absolute atomic E-state index is 13.8. The van der Waals surface area contributed by atoms with Gasteiger partial charge in [-0.25, -0.2) is 0 Å². The highest BCUT2D eigenvalue weighted by Gasteiger charge is 2.12. The van der Waals surface area contributed by atoms with Crippen LogP contribution in [-0.4, -0.2) is 40.0 Å². The number of benzene rings is 2. The molecule has 148 valence electrons. The number of aliphatic hydroxyl groups excluding tert-OH is 1. The molecular weight excluding hydrogens is 369 g/mol. The maximum atomic E-state index is 13.8. The average molecular weight is 391 g/mol. The standard InChI is InChI=1S/C22H22FN5O/c23-22-19-11-16(6-7-20(19)27-28-22)17-10-18(13-25-12-17)26-21(14-24-8-9-29)15-4-2-1-3-5-15/h1-7,10-13,21,24,26,29H,8-9,14H2,(H,27,28)/t21-/m0/s1. The summed E-state index contributed by atoms with van der Waals surface area (Å²) < 4.78 is 13.8. The first-order valence-electron chi connectivity index (χ1n) is 9.46. The molecule has 0 saturated heterocycles. The van der Waals surface area contributed by atoms with Crippen LogP contribution >= 0.6 is 0 Å². The third-order valence-corrected chi connectivity index (χ3v) is 4.77. The van der Waals surface area contributed by atoms with Gasteiger partial charge in [-0.1, -0.05) is 36.4 Å². The van der Waals surface area contributed by atoms with E-state index in [9.17, 15) is 4.39 Å². The van der Waals surface area contributed by atoms with Crippen LogP contribution in [-0.2, 0) is 0 Å². The molecule has 2 heterocycles. The molecule has 0 bridgehead atoms. The Morgan fingerprint density at radius 1 is 1.03 bits per heavy atom. The fourth-order valence-electron chi connectivity index (χ4n) is 3.30. The summed E-state index contributed by atoms with van der Waals surface area (Å²) in [5.41, 5.74) is 4.39. The number of aromatic nitrogens is 3. The molecule has 7 heteroatoms. The van der Waals surface area contributed by atoms with Gasteiger partial charge >= 0.3 is 0 Å². The van der Waals surface area contributed by atoms with Crippen molar-refractivity contribution in [2.45, 2.75) is 6.04 Å². The highest BCUT2D eigenvalue weighted by atomic mass is 19.1. The number of fused-ring (bicyclic) bond motifs is 1.